The zero-order valence-electron chi connectivity index (χ0n) is 10.6. The van der Waals surface area contributed by atoms with E-state index in [1.54, 1.807) is 25.3 Å². The number of amides is 1. The molecule has 0 heterocycles. The highest BCUT2D eigenvalue weighted by atomic mass is 16.5. The Morgan fingerprint density at radius 3 is 2.72 bits per heavy atom. The molecule has 0 fully saturated rings. The number of hydrogen-bond donors (Lipinski definition) is 2. The maximum atomic E-state index is 11.5. The third-order valence-electron chi connectivity index (χ3n) is 2.18. The van der Waals surface area contributed by atoms with Crippen LogP contribution in [0.4, 0.5) is 5.69 Å². The fraction of sp³-hybridized carbons (Fsp3) is 0.417. The first-order valence-corrected chi connectivity index (χ1v) is 5.51. The molecule has 0 bridgehead atoms. The number of rotatable bonds is 7. The molecule has 1 rings (SSSR count). The van der Waals surface area contributed by atoms with Crippen LogP contribution >= 0.6 is 0 Å². The molecule has 0 radical (unpaired) electrons. The molecule has 6 nitrogen and oxygen atoms in total. The highest BCUT2D eigenvalue weighted by Gasteiger charge is 2.08. The quantitative estimate of drug-likeness (QED) is 0.697. The molecule has 0 unspecified atom stereocenters. The van der Waals surface area contributed by atoms with E-state index in [0.29, 0.717) is 30.3 Å². The van der Waals surface area contributed by atoms with E-state index >= 15 is 0 Å². The number of nitrogens with one attached hydrogen (secondary N) is 1. The predicted molar refractivity (Wildman–Crippen MR) is 68.0 cm³/mol. The first-order valence-electron chi connectivity index (χ1n) is 5.51. The van der Waals surface area contributed by atoms with Crippen LogP contribution in [-0.4, -0.2) is 39.9 Å². The Morgan fingerprint density at radius 2 is 2.11 bits per heavy atom. The third kappa shape index (κ3) is 4.23. The second-order valence-corrected chi connectivity index (χ2v) is 3.46. The number of anilines is 1. The van der Waals surface area contributed by atoms with Crippen molar-refractivity contribution in [2.24, 2.45) is 5.73 Å². The van der Waals surface area contributed by atoms with Crippen molar-refractivity contribution >= 4 is 11.6 Å². The van der Waals surface area contributed by atoms with Crippen molar-refractivity contribution in [1.82, 2.24) is 0 Å². The maximum absolute atomic E-state index is 11.5. The SMILES string of the molecule is COc1ccc(NC(=O)COCCN)c(OC)c1. The van der Waals surface area contributed by atoms with Gasteiger partial charge in [-0.15, -0.1) is 0 Å². The van der Waals surface area contributed by atoms with Crippen molar-refractivity contribution in [2.75, 3.05) is 39.3 Å². The van der Waals surface area contributed by atoms with Gasteiger partial charge in [0.2, 0.25) is 5.91 Å². The number of benzene rings is 1. The van der Waals surface area contributed by atoms with E-state index in [1.165, 1.54) is 7.11 Å². The number of nitrogens with two attached hydrogens (primary N) is 1. The fourth-order valence-corrected chi connectivity index (χ4v) is 1.34. The van der Waals surface area contributed by atoms with E-state index in [4.69, 9.17) is 19.9 Å². The van der Waals surface area contributed by atoms with Gasteiger partial charge in [-0.3, -0.25) is 4.79 Å². The van der Waals surface area contributed by atoms with Crippen LogP contribution in [0.1, 0.15) is 0 Å². The zero-order valence-corrected chi connectivity index (χ0v) is 10.6. The molecule has 0 aromatic heterocycles. The lowest BCUT2D eigenvalue weighted by atomic mass is 10.2. The summed E-state index contributed by atoms with van der Waals surface area (Å²) in [6.45, 7) is 0.707. The minimum Gasteiger partial charge on any atom is -0.497 e. The van der Waals surface area contributed by atoms with Gasteiger partial charge in [0.1, 0.15) is 18.1 Å². The molecule has 1 amide bonds. The van der Waals surface area contributed by atoms with Gasteiger partial charge in [-0.2, -0.15) is 0 Å². The monoisotopic (exact) mass is 254 g/mol. The van der Waals surface area contributed by atoms with Crippen LogP contribution in [0, 0.1) is 0 Å². The van der Waals surface area contributed by atoms with Crippen LogP contribution < -0.4 is 20.5 Å². The molecule has 0 aliphatic heterocycles. The average molecular weight is 254 g/mol. The summed E-state index contributed by atoms with van der Waals surface area (Å²) in [5.41, 5.74) is 5.82. The smallest absolute Gasteiger partial charge is 0.250 e. The average Bonchev–Trinajstić information content (AvgIpc) is 2.39. The normalized spacial score (nSPS) is 9.94. The van der Waals surface area contributed by atoms with Gasteiger partial charge in [0.15, 0.2) is 0 Å². The molecule has 0 aliphatic rings. The Labute approximate surface area is 106 Å². The van der Waals surface area contributed by atoms with Gasteiger partial charge in [-0.05, 0) is 12.1 Å². The summed E-state index contributed by atoms with van der Waals surface area (Å²) in [4.78, 5) is 11.5. The van der Waals surface area contributed by atoms with E-state index < -0.39 is 0 Å². The second-order valence-electron chi connectivity index (χ2n) is 3.46. The van der Waals surface area contributed by atoms with Crippen molar-refractivity contribution < 1.29 is 19.0 Å². The second kappa shape index (κ2) is 7.52. The van der Waals surface area contributed by atoms with Crippen LogP contribution in [0.3, 0.4) is 0 Å². The zero-order chi connectivity index (χ0) is 13.4. The molecule has 1 aromatic rings. The van der Waals surface area contributed by atoms with Crippen LogP contribution in [0.2, 0.25) is 0 Å². The lowest BCUT2D eigenvalue weighted by Gasteiger charge is -2.11. The van der Waals surface area contributed by atoms with E-state index in [0.717, 1.165) is 0 Å². The summed E-state index contributed by atoms with van der Waals surface area (Å²) in [5.74, 6) is 0.928. The molecular formula is C12H18N2O4. The van der Waals surface area contributed by atoms with Crippen molar-refractivity contribution in [3.63, 3.8) is 0 Å². The number of hydrogen-bond acceptors (Lipinski definition) is 5. The maximum Gasteiger partial charge on any atom is 0.250 e. The lowest BCUT2D eigenvalue weighted by Crippen LogP contribution is -2.21. The third-order valence-corrected chi connectivity index (χ3v) is 2.18. The number of methoxy groups -OCH3 is 2. The lowest BCUT2D eigenvalue weighted by molar-refractivity contribution is -0.120. The van der Waals surface area contributed by atoms with E-state index in [-0.39, 0.29) is 12.5 Å². The molecular weight excluding hydrogens is 236 g/mol. The highest BCUT2D eigenvalue weighted by molar-refractivity contribution is 5.93. The number of carbonyl (C=O) groups excluding carboxylic acids is 1. The van der Waals surface area contributed by atoms with Crippen LogP contribution in [-0.2, 0) is 9.53 Å². The Hall–Kier alpha value is -1.79. The summed E-state index contributed by atoms with van der Waals surface area (Å²) in [6.07, 6.45) is 0. The summed E-state index contributed by atoms with van der Waals surface area (Å²) in [7, 11) is 3.09. The van der Waals surface area contributed by atoms with Crippen molar-refractivity contribution in [3.8, 4) is 11.5 Å². The molecule has 18 heavy (non-hydrogen) atoms. The summed E-state index contributed by atoms with van der Waals surface area (Å²) in [6, 6.07) is 5.13. The Morgan fingerprint density at radius 1 is 1.33 bits per heavy atom. The molecule has 0 saturated heterocycles. The molecule has 3 N–H and O–H groups in total. The predicted octanol–water partition coefficient (Wildman–Crippen LogP) is 0.618. The van der Waals surface area contributed by atoms with E-state index in [9.17, 15) is 4.79 Å². The topological polar surface area (TPSA) is 82.8 Å². The minimum absolute atomic E-state index is 0.0353. The molecule has 0 saturated carbocycles. The first kappa shape index (κ1) is 14.3. The van der Waals surface area contributed by atoms with E-state index in [1.807, 2.05) is 0 Å². The van der Waals surface area contributed by atoms with Gasteiger partial charge in [-0.25, -0.2) is 0 Å². The largest absolute Gasteiger partial charge is 0.497 e. The highest BCUT2D eigenvalue weighted by Crippen LogP contribution is 2.28. The fourth-order valence-electron chi connectivity index (χ4n) is 1.34. The van der Waals surface area contributed by atoms with Crippen molar-refractivity contribution in [1.29, 1.82) is 0 Å². The molecule has 0 spiro atoms. The molecule has 100 valence electrons. The van der Waals surface area contributed by atoms with Crippen molar-refractivity contribution in [2.45, 2.75) is 0 Å². The van der Waals surface area contributed by atoms with Gasteiger partial charge in [-0.1, -0.05) is 0 Å². The van der Waals surface area contributed by atoms with Gasteiger partial charge >= 0.3 is 0 Å². The van der Waals surface area contributed by atoms with Crippen molar-refractivity contribution in [3.05, 3.63) is 18.2 Å². The standard InChI is InChI=1S/C12H18N2O4/c1-16-9-3-4-10(11(7-9)17-2)14-12(15)8-18-6-5-13/h3-4,7H,5-6,8,13H2,1-2H3,(H,14,15). The molecule has 6 heteroatoms. The molecule has 1 aromatic carbocycles. The minimum atomic E-state index is -0.257. The molecule has 0 aliphatic carbocycles. The van der Waals surface area contributed by atoms with Crippen LogP contribution in [0.25, 0.3) is 0 Å². The van der Waals surface area contributed by atoms with Gasteiger partial charge in [0, 0.05) is 12.6 Å². The van der Waals surface area contributed by atoms with E-state index in [2.05, 4.69) is 5.32 Å². The Balaban J connectivity index is 2.63. The van der Waals surface area contributed by atoms with Gasteiger partial charge in [0.25, 0.3) is 0 Å². The number of ether oxygens (including phenoxy) is 3. The summed E-state index contributed by atoms with van der Waals surface area (Å²) >= 11 is 0. The first-order chi connectivity index (χ1) is 8.71. The van der Waals surface area contributed by atoms with Gasteiger partial charge < -0.3 is 25.3 Å². The van der Waals surface area contributed by atoms with Crippen LogP contribution in [0.15, 0.2) is 18.2 Å². The number of carbonyl (C=O) groups is 1. The van der Waals surface area contributed by atoms with Crippen LogP contribution in [0.5, 0.6) is 11.5 Å². The Bertz CT molecular complexity index is 396. The summed E-state index contributed by atoms with van der Waals surface area (Å²) in [5, 5.41) is 2.69. The van der Waals surface area contributed by atoms with Gasteiger partial charge in [0.05, 0.1) is 26.5 Å². The molecule has 0 atom stereocenters. The summed E-state index contributed by atoms with van der Waals surface area (Å²) < 4.78 is 15.3. The Kier molecular flexibility index (Phi) is 5.96.